The van der Waals surface area contributed by atoms with E-state index >= 15 is 0 Å². The van der Waals surface area contributed by atoms with Gasteiger partial charge in [0.2, 0.25) is 0 Å². The average molecular weight is 744 g/mol. The fourth-order valence-electron chi connectivity index (χ4n) is 4.83. The van der Waals surface area contributed by atoms with E-state index in [1.54, 1.807) is 0 Å². The Hall–Kier alpha value is -2.86. The van der Waals surface area contributed by atoms with Crippen molar-refractivity contribution in [2.24, 2.45) is 5.73 Å². The van der Waals surface area contributed by atoms with Crippen molar-refractivity contribution in [2.75, 3.05) is 18.9 Å². The smallest absolute Gasteiger partial charge is 0.387 e. The largest absolute Gasteiger partial charge is 0.481 e. The zero-order valence-corrected chi connectivity index (χ0v) is 26.6. The van der Waals surface area contributed by atoms with Gasteiger partial charge in [-0.1, -0.05) is 0 Å². The molecular weight excluding hydrogens is 715 g/mol. The number of rotatable bonds is 13. The number of anilines is 1. The lowest BCUT2D eigenvalue weighted by Crippen LogP contribution is -2.46. The maximum absolute atomic E-state index is 12.6. The quantitative estimate of drug-likeness (QED) is 0.0626. The Labute approximate surface area is 267 Å². The third kappa shape index (κ3) is 8.12. The molecule has 3 aromatic rings. The number of phosphoric ester groups is 3. The Balaban J connectivity index is 1.21. The van der Waals surface area contributed by atoms with Crippen molar-refractivity contribution in [3.8, 4) is 0 Å². The van der Waals surface area contributed by atoms with Crippen LogP contribution in [-0.2, 0) is 41.1 Å². The molecule has 0 saturated carbocycles. The average Bonchev–Trinajstić information content (AvgIpc) is 3.64. The Morgan fingerprint density at radius 1 is 0.958 bits per heavy atom. The molecule has 5 rings (SSSR count). The minimum atomic E-state index is -5.52. The Morgan fingerprint density at radius 2 is 1.60 bits per heavy atom. The van der Waals surface area contributed by atoms with Crippen LogP contribution in [0.1, 0.15) is 22.8 Å². The summed E-state index contributed by atoms with van der Waals surface area (Å²) in [5.41, 5.74) is 11.1. The van der Waals surface area contributed by atoms with E-state index in [0.717, 1.165) is 17.2 Å². The first-order valence-electron chi connectivity index (χ1n) is 13.3. The number of nitrogens with zero attached hydrogens (tertiary/aromatic N) is 5. The van der Waals surface area contributed by atoms with Gasteiger partial charge < -0.3 is 55.8 Å². The first-order chi connectivity index (χ1) is 22.4. The van der Waals surface area contributed by atoms with Crippen LogP contribution in [0.2, 0.25) is 0 Å². The second-order valence-electron chi connectivity index (χ2n) is 10.3. The van der Waals surface area contributed by atoms with Gasteiger partial charge in [0, 0.05) is 6.07 Å². The molecule has 2 aliphatic heterocycles. The molecule has 3 unspecified atom stereocenters. The molecular formula is C21H29N7O17P3+. The number of carbonyl (C=O) groups excluding carboxylic acids is 1. The molecule has 2 fully saturated rings. The van der Waals surface area contributed by atoms with E-state index in [0.29, 0.717) is 0 Å². The highest BCUT2D eigenvalue weighted by Gasteiger charge is 2.51. The number of imidazole rings is 1. The molecule has 2 saturated heterocycles. The predicted octanol–water partition coefficient (Wildman–Crippen LogP) is -2.90. The molecule has 10 atom stereocenters. The van der Waals surface area contributed by atoms with Crippen LogP contribution in [0, 0.1) is 0 Å². The number of pyridine rings is 1. The lowest BCUT2D eigenvalue weighted by Gasteiger charge is -2.22. The third-order valence-corrected chi connectivity index (χ3v) is 10.1. The van der Waals surface area contributed by atoms with E-state index in [1.807, 2.05) is 0 Å². The number of nitrogen functional groups attached to an aromatic ring is 1. The first kappa shape index (κ1) is 36.4. The van der Waals surface area contributed by atoms with Crippen molar-refractivity contribution in [1.29, 1.82) is 0 Å². The van der Waals surface area contributed by atoms with E-state index in [9.17, 15) is 53.4 Å². The molecule has 0 aromatic carbocycles. The van der Waals surface area contributed by atoms with Crippen molar-refractivity contribution >= 4 is 46.4 Å². The number of fused-ring (bicyclic) bond motifs is 1. The molecule has 24 nitrogen and oxygen atoms in total. The van der Waals surface area contributed by atoms with Crippen LogP contribution in [0.3, 0.4) is 0 Å². The van der Waals surface area contributed by atoms with Crippen LogP contribution in [0.5, 0.6) is 0 Å². The van der Waals surface area contributed by atoms with Gasteiger partial charge in [-0.15, -0.1) is 0 Å². The first-order valence-corrected chi connectivity index (χ1v) is 17.9. The van der Waals surface area contributed by atoms with Crippen molar-refractivity contribution in [2.45, 2.75) is 49.1 Å². The number of aromatic nitrogens is 5. The van der Waals surface area contributed by atoms with Crippen LogP contribution in [0.25, 0.3) is 11.2 Å². The monoisotopic (exact) mass is 744 g/mol. The summed E-state index contributed by atoms with van der Waals surface area (Å²) >= 11 is 0. The van der Waals surface area contributed by atoms with Gasteiger partial charge in [0.25, 0.3) is 12.1 Å². The molecule has 5 heterocycles. The zero-order valence-electron chi connectivity index (χ0n) is 23.9. The van der Waals surface area contributed by atoms with Gasteiger partial charge in [-0.3, -0.25) is 22.9 Å². The van der Waals surface area contributed by atoms with Crippen molar-refractivity contribution in [3.05, 3.63) is 42.7 Å². The summed E-state index contributed by atoms with van der Waals surface area (Å²) in [7, 11) is -16.3. The SMILES string of the molecule is NC(=O)c1ccc[n+]([C@@H]2OC(COP(=O)(O)OP(=O)(O)OC[C@H]3O[C@@H](n4cnc5c(N)ncnc54)[C@H](OP(=O)(O)O)[C@@H]3O)[C@@H](O)[C@H]2O)c1. The number of hydrogen-bond donors (Lipinski definition) is 9. The summed E-state index contributed by atoms with van der Waals surface area (Å²) in [6.07, 6.45) is -8.39. The minimum absolute atomic E-state index is 0.00286. The van der Waals surface area contributed by atoms with Gasteiger partial charge in [-0.05, 0) is 6.07 Å². The zero-order chi connectivity index (χ0) is 35.2. The molecule has 0 aliphatic carbocycles. The normalized spacial score (nSPS) is 30.3. The fraction of sp³-hybridized carbons (Fsp3) is 0.476. The van der Waals surface area contributed by atoms with E-state index in [-0.39, 0.29) is 22.5 Å². The van der Waals surface area contributed by atoms with Crippen LogP contribution in [0.15, 0.2) is 37.2 Å². The van der Waals surface area contributed by atoms with E-state index in [1.165, 1.54) is 29.1 Å². The minimum Gasteiger partial charge on any atom is -0.387 e. The molecule has 48 heavy (non-hydrogen) atoms. The third-order valence-electron chi connectivity index (χ3n) is 6.98. The molecule has 0 bridgehead atoms. The van der Waals surface area contributed by atoms with Gasteiger partial charge >= 0.3 is 23.5 Å². The summed E-state index contributed by atoms with van der Waals surface area (Å²) in [4.78, 5) is 62.2. The predicted molar refractivity (Wildman–Crippen MR) is 150 cm³/mol. The van der Waals surface area contributed by atoms with E-state index in [4.69, 9.17) is 30.0 Å². The lowest BCUT2D eigenvalue weighted by molar-refractivity contribution is -0.765. The molecule has 264 valence electrons. The maximum atomic E-state index is 12.6. The highest BCUT2D eigenvalue weighted by Crippen LogP contribution is 2.61. The number of aliphatic hydroxyl groups is 3. The topological polar surface area (TPSA) is 365 Å². The molecule has 0 spiro atoms. The lowest BCUT2D eigenvalue weighted by atomic mass is 10.1. The molecule has 2 aliphatic rings. The standard InChI is InChI=1S/C21H28N7O17P3/c22-17-12-19(25-7-24-17)28(8-26-12)21-16(44-46(33,34)35)14(30)11(43-21)6-41-48(38,39)45-47(36,37)40-5-10-13(29)15(31)20(42-10)27-3-1-2-9(4-27)18(23)32/h1-4,7-8,10-11,13-16,20-21,29-31H,5-6H2,(H7-,22,23,24,25,32,33,34,35,36,37,38,39)/p+1/t10?,11-,13-,14-,15-,16-,20-,21-/m1/s1. The molecule has 11 N–H and O–H groups in total. The van der Waals surface area contributed by atoms with Gasteiger partial charge in [-0.2, -0.15) is 8.88 Å². The molecule has 0 radical (unpaired) electrons. The number of phosphoric acid groups is 3. The molecule has 27 heteroatoms. The summed E-state index contributed by atoms with van der Waals surface area (Å²) in [5.74, 6) is -0.848. The Bertz CT molecular complexity index is 1810. The highest BCUT2D eigenvalue weighted by atomic mass is 31.3. The second kappa shape index (κ2) is 13.8. The number of aliphatic hydroxyl groups excluding tert-OH is 3. The number of carbonyl (C=O) groups is 1. The van der Waals surface area contributed by atoms with Crippen LogP contribution < -0.4 is 16.0 Å². The molecule has 1 amide bonds. The summed E-state index contributed by atoms with van der Waals surface area (Å²) in [6, 6.07) is 2.79. The summed E-state index contributed by atoms with van der Waals surface area (Å²) in [6.45, 7) is -2.03. The number of ether oxygens (including phenoxy) is 2. The molecule has 3 aromatic heterocycles. The Morgan fingerprint density at radius 3 is 2.23 bits per heavy atom. The van der Waals surface area contributed by atoms with E-state index < -0.39 is 91.7 Å². The van der Waals surface area contributed by atoms with Gasteiger partial charge in [0.1, 0.15) is 47.9 Å². The van der Waals surface area contributed by atoms with Crippen LogP contribution in [-0.4, -0.2) is 110 Å². The van der Waals surface area contributed by atoms with Gasteiger partial charge in [0.15, 0.2) is 36.2 Å². The fourth-order valence-corrected chi connectivity index (χ4v) is 7.47. The number of primary amides is 1. The highest BCUT2D eigenvalue weighted by molar-refractivity contribution is 7.61. The van der Waals surface area contributed by atoms with Crippen LogP contribution >= 0.6 is 23.5 Å². The summed E-state index contributed by atoms with van der Waals surface area (Å²) < 4.78 is 68.4. The summed E-state index contributed by atoms with van der Waals surface area (Å²) in [5, 5.41) is 31.5. The van der Waals surface area contributed by atoms with Gasteiger partial charge in [-0.25, -0.2) is 28.6 Å². The van der Waals surface area contributed by atoms with Gasteiger partial charge in [0.05, 0.1) is 19.5 Å². The van der Waals surface area contributed by atoms with E-state index in [2.05, 4.69) is 23.8 Å². The number of hydrogen-bond acceptors (Lipinski definition) is 17. The number of amides is 1. The van der Waals surface area contributed by atoms with Crippen molar-refractivity contribution < 1.29 is 85.3 Å². The maximum Gasteiger partial charge on any atom is 0.481 e. The Kier molecular flexibility index (Phi) is 10.5. The van der Waals surface area contributed by atoms with Crippen LogP contribution in [0.4, 0.5) is 5.82 Å². The second-order valence-corrected chi connectivity index (χ2v) is 14.5. The van der Waals surface area contributed by atoms with Crippen molar-refractivity contribution in [3.63, 3.8) is 0 Å². The van der Waals surface area contributed by atoms with Crippen molar-refractivity contribution in [1.82, 2.24) is 19.5 Å². The number of nitrogens with two attached hydrogens (primary N) is 2.